The van der Waals surface area contributed by atoms with Crippen molar-refractivity contribution >= 4 is 35.7 Å². The van der Waals surface area contributed by atoms with Crippen LogP contribution in [0.1, 0.15) is 11.5 Å². The monoisotopic (exact) mass is 358 g/mol. The molecule has 1 aliphatic rings. The summed E-state index contributed by atoms with van der Waals surface area (Å²) in [6, 6.07) is 4.44. The molecule has 4 amide bonds. The lowest BCUT2D eigenvalue weighted by Crippen LogP contribution is -2.52. The Morgan fingerprint density at radius 3 is 2.40 bits per heavy atom. The molecule has 2 aromatic heterocycles. The summed E-state index contributed by atoms with van der Waals surface area (Å²) in [6.45, 7) is 1.86. The lowest BCUT2D eigenvalue weighted by atomic mass is 10.1. The number of carbonyl (C=O) groups is 3. The molecule has 0 saturated carbocycles. The zero-order chi connectivity index (χ0) is 18.1. The number of aryl methyl sites for hydroxylation is 1. The van der Waals surface area contributed by atoms with E-state index in [0.717, 1.165) is 15.5 Å². The molecule has 3 rings (SSSR count). The fourth-order valence-corrected chi connectivity index (χ4v) is 2.91. The number of aromatic nitrogens is 2. The maximum absolute atomic E-state index is 12.2. The number of hydrogen-bond acceptors (Lipinski definition) is 7. The quantitative estimate of drug-likeness (QED) is 0.470. The van der Waals surface area contributed by atoms with Crippen LogP contribution >= 0.6 is 11.8 Å². The van der Waals surface area contributed by atoms with Crippen LogP contribution in [0.15, 0.2) is 44.6 Å². The number of furan rings is 1. The summed E-state index contributed by atoms with van der Waals surface area (Å²) in [7, 11) is 2.64. The summed E-state index contributed by atoms with van der Waals surface area (Å²) in [5, 5.41) is 1.05. The van der Waals surface area contributed by atoms with Gasteiger partial charge in [0.05, 0.1) is 0 Å². The molecule has 25 heavy (non-hydrogen) atoms. The van der Waals surface area contributed by atoms with Crippen molar-refractivity contribution < 1.29 is 18.8 Å². The van der Waals surface area contributed by atoms with E-state index in [1.807, 2.05) is 6.92 Å². The Kier molecular flexibility index (Phi) is 4.41. The van der Waals surface area contributed by atoms with Crippen LogP contribution in [-0.2, 0) is 9.59 Å². The molecule has 0 bridgehead atoms. The van der Waals surface area contributed by atoms with Gasteiger partial charge in [0.15, 0.2) is 10.2 Å². The molecule has 0 radical (unpaired) electrons. The predicted octanol–water partition coefficient (Wildman–Crippen LogP) is 1.96. The smallest absolute Gasteiger partial charge is 0.333 e. The van der Waals surface area contributed by atoms with E-state index in [1.165, 1.54) is 31.9 Å². The molecule has 0 N–H and O–H groups in total. The molecule has 1 saturated heterocycles. The Hall–Kier alpha value is -2.94. The molecule has 2 aromatic rings. The number of nitrogens with zero attached hydrogens (tertiary/aromatic N) is 4. The summed E-state index contributed by atoms with van der Waals surface area (Å²) in [5.74, 6) is -1.01. The lowest BCUT2D eigenvalue weighted by Gasteiger charge is -2.28. The molecule has 8 nitrogen and oxygen atoms in total. The highest BCUT2D eigenvalue weighted by Gasteiger charge is 2.38. The number of urea groups is 1. The van der Waals surface area contributed by atoms with Gasteiger partial charge in [0, 0.05) is 26.0 Å². The fraction of sp³-hybridized carbons (Fsp3) is 0.188. The molecule has 128 valence electrons. The van der Waals surface area contributed by atoms with Gasteiger partial charge in [-0.25, -0.2) is 14.8 Å². The summed E-state index contributed by atoms with van der Waals surface area (Å²) in [4.78, 5) is 46.2. The number of rotatable bonds is 3. The first-order chi connectivity index (χ1) is 11.9. The van der Waals surface area contributed by atoms with Gasteiger partial charge in [0.25, 0.3) is 11.8 Å². The van der Waals surface area contributed by atoms with E-state index in [1.54, 1.807) is 24.4 Å². The molecule has 3 heterocycles. The molecule has 1 fully saturated rings. The van der Waals surface area contributed by atoms with Gasteiger partial charge < -0.3 is 4.42 Å². The van der Waals surface area contributed by atoms with Crippen LogP contribution in [0.5, 0.6) is 0 Å². The van der Waals surface area contributed by atoms with Gasteiger partial charge in [-0.05, 0) is 43.0 Å². The summed E-state index contributed by atoms with van der Waals surface area (Å²) in [5.41, 5.74) is 0.697. The second-order valence-electron chi connectivity index (χ2n) is 5.31. The van der Waals surface area contributed by atoms with E-state index in [9.17, 15) is 14.4 Å². The second kappa shape index (κ2) is 6.52. The van der Waals surface area contributed by atoms with Crippen molar-refractivity contribution in [1.29, 1.82) is 0 Å². The molecular formula is C16H14N4O4S. The minimum Gasteiger partial charge on any atom is -0.450 e. The SMILES string of the molecule is Cc1ccnc(Sc2ccc(C=C3C(=O)N(C)C(=O)N(C)C3=O)o2)n1. The van der Waals surface area contributed by atoms with Crippen molar-refractivity contribution in [3.05, 3.63) is 41.4 Å². The molecule has 0 aliphatic carbocycles. The second-order valence-corrected chi connectivity index (χ2v) is 6.28. The molecule has 0 unspecified atom stereocenters. The summed E-state index contributed by atoms with van der Waals surface area (Å²) >= 11 is 1.22. The third-order valence-electron chi connectivity index (χ3n) is 3.50. The highest BCUT2D eigenvalue weighted by atomic mass is 32.2. The molecular weight excluding hydrogens is 344 g/mol. The maximum Gasteiger partial charge on any atom is 0.333 e. The molecule has 0 spiro atoms. The van der Waals surface area contributed by atoms with Gasteiger partial charge in [-0.1, -0.05) is 0 Å². The lowest BCUT2D eigenvalue weighted by molar-refractivity contribution is -0.134. The summed E-state index contributed by atoms with van der Waals surface area (Å²) in [6.07, 6.45) is 2.98. The highest BCUT2D eigenvalue weighted by Crippen LogP contribution is 2.28. The van der Waals surface area contributed by atoms with Crippen molar-refractivity contribution in [2.45, 2.75) is 17.2 Å². The third kappa shape index (κ3) is 3.31. The summed E-state index contributed by atoms with van der Waals surface area (Å²) < 4.78 is 5.60. The van der Waals surface area contributed by atoms with Crippen LogP contribution in [0.2, 0.25) is 0 Å². The van der Waals surface area contributed by atoms with E-state index in [0.29, 0.717) is 16.0 Å². The molecule has 0 aromatic carbocycles. The number of likely N-dealkylation sites (N-methyl/N-ethyl adjacent to an activating group) is 2. The van der Waals surface area contributed by atoms with E-state index < -0.39 is 17.8 Å². The zero-order valence-corrected chi connectivity index (χ0v) is 14.5. The number of hydrogen-bond donors (Lipinski definition) is 0. The van der Waals surface area contributed by atoms with E-state index in [4.69, 9.17) is 4.42 Å². The molecule has 0 atom stereocenters. The van der Waals surface area contributed by atoms with Crippen molar-refractivity contribution in [3.8, 4) is 0 Å². The Morgan fingerprint density at radius 2 is 1.76 bits per heavy atom. The Morgan fingerprint density at radius 1 is 1.08 bits per heavy atom. The Bertz CT molecular complexity index is 879. The third-order valence-corrected chi connectivity index (χ3v) is 4.30. The van der Waals surface area contributed by atoms with Gasteiger partial charge in [-0.3, -0.25) is 19.4 Å². The van der Waals surface area contributed by atoms with E-state index in [2.05, 4.69) is 9.97 Å². The van der Waals surface area contributed by atoms with Gasteiger partial charge in [0.1, 0.15) is 11.3 Å². The van der Waals surface area contributed by atoms with Gasteiger partial charge >= 0.3 is 6.03 Å². The van der Waals surface area contributed by atoms with Crippen molar-refractivity contribution in [3.63, 3.8) is 0 Å². The van der Waals surface area contributed by atoms with Gasteiger partial charge in [-0.2, -0.15) is 0 Å². The van der Waals surface area contributed by atoms with E-state index in [-0.39, 0.29) is 5.57 Å². The van der Waals surface area contributed by atoms with Crippen LogP contribution in [0.25, 0.3) is 6.08 Å². The van der Waals surface area contributed by atoms with Crippen LogP contribution < -0.4 is 0 Å². The standard InChI is InChI=1S/C16H14N4O4S/c1-9-6-7-17-15(18-9)25-12-5-4-10(24-12)8-11-13(21)19(2)16(23)20(3)14(11)22/h4-8H,1-3H3. The van der Waals surface area contributed by atoms with Crippen LogP contribution in [0.4, 0.5) is 4.79 Å². The van der Waals surface area contributed by atoms with Crippen molar-refractivity contribution in [2.24, 2.45) is 0 Å². The topological polar surface area (TPSA) is 96.6 Å². The first-order valence-electron chi connectivity index (χ1n) is 7.26. The minimum atomic E-state index is -0.667. The minimum absolute atomic E-state index is 0.137. The Labute approximate surface area is 147 Å². The number of barbiturate groups is 1. The van der Waals surface area contributed by atoms with Gasteiger partial charge in [0.2, 0.25) is 0 Å². The fourth-order valence-electron chi connectivity index (χ4n) is 2.15. The number of carbonyl (C=O) groups excluding carboxylic acids is 3. The average Bonchev–Trinajstić information content (AvgIpc) is 3.02. The first-order valence-corrected chi connectivity index (χ1v) is 8.07. The van der Waals surface area contributed by atoms with Crippen molar-refractivity contribution in [1.82, 2.24) is 19.8 Å². The van der Waals surface area contributed by atoms with Crippen LogP contribution in [0, 0.1) is 6.92 Å². The molecule has 1 aliphatic heterocycles. The number of imide groups is 2. The van der Waals surface area contributed by atoms with Crippen LogP contribution in [0.3, 0.4) is 0 Å². The normalized spacial score (nSPS) is 15.2. The van der Waals surface area contributed by atoms with Crippen molar-refractivity contribution in [2.75, 3.05) is 14.1 Å². The van der Waals surface area contributed by atoms with E-state index >= 15 is 0 Å². The number of amides is 4. The predicted molar refractivity (Wildman–Crippen MR) is 88.5 cm³/mol. The van der Waals surface area contributed by atoms with Gasteiger partial charge in [-0.15, -0.1) is 0 Å². The average molecular weight is 358 g/mol. The van der Waals surface area contributed by atoms with Crippen LogP contribution in [-0.4, -0.2) is 51.7 Å². The first kappa shape index (κ1) is 16.9. The maximum atomic E-state index is 12.2. The Balaban J connectivity index is 1.84. The molecule has 9 heteroatoms. The zero-order valence-electron chi connectivity index (χ0n) is 13.7. The largest absolute Gasteiger partial charge is 0.450 e. The highest BCUT2D eigenvalue weighted by molar-refractivity contribution is 7.99.